The molecule has 0 aliphatic heterocycles. The van der Waals surface area contributed by atoms with Gasteiger partial charge in [-0.05, 0) is 26.2 Å². The average Bonchev–Trinajstić information content (AvgIpc) is 2.15. The van der Waals surface area contributed by atoms with Crippen LogP contribution < -0.4 is 0 Å². The number of allylic oxidation sites excluding steroid dienone is 1. The molecular formula is C13H22O. The molecule has 1 nitrogen and oxygen atoms in total. The van der Waals surface area contributed by atoms with Gasteiger partial charge in [0.15, 0.2) is 0 Å². The van der Waals surface area contributed by atoms with Crippen LogP contribution in [0.25, 0.3) is 0 Å². The van der Waals surface area contributed by atoms with Crippen molar-refractivity contribution in [2.45, 2.75) is 58.8 Å². The van der Waals surface area contributed by atoms with Crippen molar-refractivity contribution in [1.29, 1.82) is 0 Å². The molecule has 0 bridgehead atoms. The lowest BCUT2D eigenvalue weighted by Crippen LogP contribution is -2.30. The molecule has 0 spiro atoms. The third kappa shape index (κ3) is 2.97. The molecule has 1 aliphatic carbocycles. The Morgan fingerprint density at radius 2 is 1.79 bits per heavy atom. The number of hydrogen-bond donors (Lipinski definition) is 0. The van der Waals surface area contributed by atoms with E-state index < -0.39 is 0 Å². The third-order valence-electron chi connectivity index (χ3n) is 3.41. The van der Waals surface area contributed by atoms with Crippen molar-refractivity contribution in [2.24, 2.45) is 5.41 Å². The molecule has 1 aliphatic rings. The summed E-state index contributed by atoms with van der Waals surface area (Å²) in [5.41, 5.74) is 1.12. The molecule has 80 valence electrons. The number of hydrogen-bond acceptors (Lipinski definition) is 1. The summed E-state index contributed by atoms with van der Waals surface area (Å²) in [5.74, 6) is 0.459. The van der Waals surface area contributed by atoms with Crippen LogP contribution in [0.4, 0.5) is 0 Å². The zero-order valence-corrected chi connectivity index (χ0v) is 9.57. The summed E-state index contributed by atoms with van der Waals surface area (Å²) in [4.78, 5) is 12.0. The lowest BCUT2D eigenvalue weighted by molar-refractivity contribution is -0.129. The Labute approximate surface area is 87.6 Å². The second kappa shape index (κ2) is 4.77. The van der Waals surface area contributed by atoms with Crippen LogP contribution in [0.3, 0.4) is 0 Å². The van der Waals surface area contributed by atoms with Crippen LogP contribution in [-0.2, 0) is 4.79 Å². The normalized spacial score (nSPS) is 20.4. The molecule has 0 aromatic carbocycles. The van der Waals surface area contributed by atoms with Crippen LogP contribution in [0.5, 0.6) is 0 Å². The molecule has 0 aromatic heterocycles. The Morgan fingerprint density at radius 1 is 1.21 bits per heavy atom. The van der Waals surface area contributed by atoms with Crippen LogP contribution in [0, 0.1) is 5.41 Å². The van der Waals surface area contributed by atoms with E-state index in [2.05, 4.69) is 13.5 Å². The Balaban J connectivity index is 2.45. The maximum atomic E-state index is 12.0. The minimum Gasteiger partial charge on any atom is -0.299 e. The fourth-order valence-electron chi connectivity index (χ4n) is 2.24. The van der Waals surface area contributed by atoms with Crippen molar-refractivity contribution < 1.29 is 4.79 Å². The summed E-state index contributed by atoms with van der Waals surface area (Å²) in [5, 5.41) is 0. The molecule has 0 unspecified atom stereocenters. The topological polar surface area (TPSA) is 17.1 Å². The lowest BCUT2D eigenvalue weighted by Gasteiger charge is -2.32. The Bertz CT molecular complexity index is 221. The standard InChI is InChI=1S/C13H22O/c1-11(2)7-8-12(14)13(3)9-5-4-6-10-13/h1,4-10H2,2-3H3. The van der Waals surface area contributed by atoms with Gasteiger partial charge in [0, 0.05) is 11.8 Å². The van der Waals surface area contributed by atoms with E-state index in [1.54, 1.807) is 0 Å². The first-order valence-corrected chi connectivity index (χ1v) is 5.72. The first-order chi connectivity index (χ1) is 6.54. The number of ketones is 1. The first-order valence-electron chi connectivity index (χ1n) is 5.72. The SMILES string of the molecule is C=C(C)CCC(=O)C1(C)CCCCC1. The maximum Gasteiger partial charge on any atom is 0.139 e. The van der Waals surface area contributed by atoms with Gasteiger partial charge in [0.1, 0.15) is 5.78 Å². The minimum absolute atomic E-state index is 0.00625. The quantitative estimate of drug-likeness (QED) is 0.621. The molecule has 0 amide bonds. The van der Waals surface area contributed by atoms with Crippen LogP contribution in [0.15, 0.2) is 12.2 Å². The van der Waals surface area contributed by atoms with Gasteiger partial charge in [0.25, 0.3) is 0 Å². The summed E-state index contributed by atoms with van der Waals surface area (Å²) in [7, 11) is 0. The minimum atomic E-state index is -0.00625. The van der Waals surface area contributed by atoms with Gasteiger partial charge in [-0.2, -0.15) is 0 Å². The Hall–Kier alpha value is -0.590. The second-order valence-corrected chi connectivity index (χ2v) is 5.00. The summed E-state index contributed by atoms with van der Waals surface area (Å²) in [6.45, 7) is 7.98. The van der Waals surface area contributed by atoms with Gasteiger partial charge in [-0.3, -0.25) is 4.79 Å². The molecule has 0 radical (unpaired) electrons. The van der Waals surface area contributed by atoms with Crippen LogP contribution >= 0.6 is 0 Å². The van der Waals surface area contributed by atoms with Gasteiger partial charge in [-0.1, -0.05) is 31.8 Å². The fourth-order valence-corrected chi connectivity index (χ4v) is 2.24. The zero-order chi connectivity index (χ0) is 10.6. The van der Waals surface area contributed by atoms with Crippen molar-refractivity contribution in [3.63, 3.8) is 0 Å². The zero-order valence-electron chi connectivity index (χ0n) is 9.57. The van der Waals surface area contributed by atoms with Crippen molar-refractivity contribution in [2.75, 3.05) is 0 Å². The summed E-state index contributed by atoms with van der Waals surface area (Å²) in [6.07, 6.45) is 7.54. The molecule has 0 atom stereocenters. The van der Waals surface area contributed by atoms with Crippen LogP contribution in [-0.4, -0.2) is 5.78 Å². The summed E-state index contributed by atoms with van der Waals surface area (Å²) >= 11 is 0. The highest BCUT2D eigenvalue weighted by Crippen LogP contribution is 2.37. The van der Waals surface area contributed by atoms with E-state index in [1.807, 2.05) is 6.92 Å². The molecule has 14 heavy (non-hydrogen) atoms. The molecule has 1 fully saturated rings. The molecular weight excluding hydrogens is 172 g/mol. The Kier molecular flexibility index (Phi) is 3.91. The van der Waals surface area contributed by atoms with E-state index in [0.717, 1.165) is 24.8 Å². The van der Waals surface area contributed by atoms with Gasteiger partial charge in [0.05, 0.1) is 0 Å². The summed E-state index contributed by atoms with van der Waals surface area (Å²) < 4.78 is 0. The lowest BCUT2D eigenvalue weighted by atomic mass is 9.71. The van der Waals surface area contributed by atoms with E-state index in [9.17, 15) is 4.79 Å². The number of carbonyl (C=O) groups is 1. The van der Waals surface area contributed by atoms with E-state index in [1.165, 1.54) is 19.3 Å². The van der Waals surface area contributed by atoms with E-state index in [-0.39, 0.29) is 5.41 Å². The van der Waals surface area contributed by atoms with E-state index in [0.29, 0.717) is 12.2 Å². The molecule has 0 heterocycles. The smallest absolute Gasteiger partial charge is 0.139 e. The van der Waals surface area contributed by atoms with E-state index in [4.69, 9.17) is 0 Å². The second-order valence-electron chi connectivity index (χ2n) is 5.00. The monoisotopic (exact) mass is 194 g/mol. The predicted octanol–water partition coefficient (Wildman–Crippen LogP) is 3.88. The van der Waals surface area contributed by atoms with Crippen LogP contribution in [0.2, 0.25) is 0 Å². The molecule has 0 N–H and O–H groups in total. The van der Waals surface area contributed by atoms with Crippen LogP contribution in [0.1, 0.15) is 58.8 Å². The maximum absolute atomic E-state index is 12.0. The highest BCUT2D eigenvalue weighted by molar-refractivity contribution is 5.84. The predicted molar refractivity (Wildman–Crippen MR) is 60.2 cm³/mol. The van der Waals surface area contributed by atoms with Crippen molar-refractivity contribution in [1.82, 2.24) is 0 Å². The highest BCUT2D eigenvalue weighted by Gasteiger charge is 2.33. The number of carbonyl (C=O) groups excluding carboxylic acids is 1. The third-order valence-corrected chi connectivity index (χ3v) is 3.41. The van der Waals surface area contributed by atoms with Crippen molar-refractivity contribution in [3.8, 4) is 0 Å². The van der Waals surface area contributed by atoms with Gasteiger partial charge >= 0.3 is 0 Å². The number of Topliss-reactive ketones (excluding diaryl/α,β-unsaturated/α-hetero) is 1. The average molecular weight is 194 g/mol. The molecule has 0 saturated heterocycles. The highest BCUT2D eigenvalue weighted by atomic mass is 16.1. The Morgan fingerprint density at radius 3 is 2.29 bits per heavy atom. The number of rotatable bonds is 4. The molecule has 1 saturated carbocycles. The molecule has 0 aromatic rings. The van der Waals surface area contributed by atoms with Gasteiger partial charge in [-0.15, -0.1) is 6.58 Å². The largest absolute Gasteiger partial charge is 0.299 e. The van der Waals surface area contributed by atoms with Gasteiger partial charge in [-0.25, -0.2) is 0 Å². The van der Waals surface area contributed by atoms with E-state index >= 15 is 0 Å². The van der Waals surface area contributed by atoms with Gasteiger partial charge in [0.2, 0.25) is 0 Å². The first kappa shape index (κ1) is 11.5. The van der Waals surface area contributed by atoms with Crippen molar-refractivity contribution >= 4 is 5.78 Å². The molecule has 1 heteroatoms. The van der Waals surface area contributed by atoms with Crippen molar-refractivity contribution in [3.05, 3.63) is 12.2 Å². The fraction of sp³-hybridized carbons (Fsp3) is 0.769. The van der Waals surface area contributed by atoms with Gasteiger partial charge < -0.3 is 0 Å². The molecule has 1 rings (SSSR count). The summed E-state index contributed by atoms with van der Waals surface area (Å²) in [6, 6.07) is 0.